The molecule has 4 rings (SSSR count). The van der Waals surface area contributed by atoms with E-state index in [1.807, 2.05) is 33.1 Å². The molecule has 2 N–H and O–H groups in total. The molecule has 1 saturated heterocycles. The summed E-state index contributed by atoms with van der Waals surface area (Å²) < 4.78 is 5.37. The highest BCUT2D eigenvalue weighted by Gasteiger charge is 2.43. The van der Waals surface area contributed by atoms with Gasteiger partial charge >= 0.3 is 5.97 Å². The molecule has 2 aromatic heterocycles. The van der Waals surface area contributed by atoms with Crippen LogP contribution in [0.1, 0.15) is 55.9 Å². The van der Waals surface area contributed by atoms with Crippen LogP contribution < -0.4 is 10.6 Å². The van der Waals surface area contributed by atoms with E-state index in [1.54, 1.807) is 30.4 Å². The largest absolute Gasteiger partial charge is 0.461 e. The van der Waals surface area contributed by atoms with E-state index >= 15 is 0 Å². The van der Waals surface area contributed by atoms with Crippen molar-refractivity contribution in [1.82, 2.24) is 9.97 Å². The molecular weight excluding hydrogens is 595 g/mol. The van der Waals surface area contributed by atoms with Crippen molar-refractivity contribution in [1.29, 1.82) is 0 Å². The number of nitrogens with zero attached hydrogens (tertiary/aromatic N) is 3. The first-order valence-electron chi connectivity index (χ1n) is 12.9. The molecule has 0 spiro atoms. The third kappa shape index (κ3) is 7.60. The van der Waals surface area contributed by atoms with E-state index in [4.69, 9.17) is 54.3 Å². The van der Waals surface area contributed by atoms with Crippen LogP contribution in [-0.4, -0.2) is 48.4 Å². The van der Waals surface area contributed by atoms with Gasteiger partial charge in [-0.1, -0.05) is 67.1 Å². The lowest BCUT2D eigenvalue weighted by Gasteiger charge is -2.47. The fraction of sp³-hybridized carbons (Fsp3) is 0.464. The Morgan fingerprint density at radius 2 is 1.97 bits per heavy atom. The number of carbonyl (C=O) groups is 1. The number of esters is 1. The average Bonchev–Trinajstić information content (AvgIpc) is 3.48. The molecule has 0 saturated carbocycles. The predicted octanol–water partition coefficient (Wildman–Crippen LogP) is 8.27. The molecule has 0 bridgehead atoms. The number of anilines is 1. The zero-order chi connectivity index (χ0) is 29.2. The highest BCUT2D eigenvalue weighted by atomic mass is 35.7. The number of aryl methyl sites for hydroxylation is 1. The molecular formula is C28H37Cl3N4O2S2. The van der Waals surface area contributed by atoms with Crippen molar-refractivity contribution in [3.8, 4) is 11.3 Å². The molecule has 0 aliphatic carbocycles. The molecule has 1 aliphatic heterocycles. The number of hydrogen-bond donors (Lipinski definition) is 1. The van der Waals surface area contributed by atoms with Crippen molar-refractivity contribution in [2.45, 2.75) is 46.5 Å². The zero-order valence-corrected chi connectivity index (χ0v) is 27.2. The van der Waals surface area contributed by atoms with Crippen LogP contribution in [0.3, 0.4) is 0 Å². The summed E-state index contributed by atoms with van der Waals surface area (Å²) in [6.07, 6.45) is 2.72. The Hall–Kier alpha value is -1.55. The third-order valence-electron chi connectivity index (χ3n) is 6.74. The lowest BCUT2D eigenvalue weighted by molar-refractivity contribution is 0.0519. The maximum atomic E-state index is 13.0. The van der Waals surface area contributed by atoms with Gasteiger partial charge in [0.2, 0.25) is 0 Å². The van der Waals surface area contributed by atoms with Crippen molar-refractivity contribution in [2.24, 2.45) is 11.7 Å². The van der Waals surface area contributed by atoms with Gasteiger partial charge in [-0.2, -0.15) is 11.3 Å². The van der Waals surface area contributed by atoms with E-state index in [0.717, 1.165) is 13.0 Å². The third-order valence-corrected chi connectivity index (χ3v) is 8.24. The molecule has 2 unspecified atom stereocenters. The molecule has 6 nitrogen and oxygen atoms in total. The van der Waals surface area contributed by atoms with Crippen LogP contribution in [0.5, 0.6) is 0 Å². The van der Waals surface area contributed by atoms with E-state index in [1.165, 1.54) is 16.5 Å². The SMILES string of the molecule is CC.CCOC(=O)c1nc(-c2cccc(Cl)c2Cl)c(C)nc1N1CCC(C)C(CN)(c2ccsc2)C1.CSCl. The Morgan fingerprint density at radius 1 is 1.28 bits per heavy atom. The normalized spacial score (nSPS) is 18.4. The summed E-state index contributed by atoms with van der Waals surface area (Å²) >= 11 is 14.4. The molecule has 1 aliphatic rings. The maximum absolute atomic E-state index is 13.0. The molecule has 11 heteroatoms. The molecule has 214 valence electrons. The van der Waals surface area contributed by atoms with E-state index in [9.17, 15) is 4.79 Å². The van der Waals surface area contributed by atoms with Gasteiger partial charge in [0, 0.05) is 30.6 Å². The Kier molecular flexibility index (Phi) is 13.8. The molecule has 0 amide bonds. The Labute approximate surface area is 255 Å². The molecule has 39 heavy (non-hydrogen) atoms. The van der Waals surface area contributed by atoms with Gasteiger partial charge in [-0.15, -0.1) is 0 Å². The topological polar surface area (TPSA) is 81.3 Å². The van der Waals surface area contributed by atoms with Gasteiger partial charge in [-0.05, 0) is 71.6 Å². The summed E-state index contributed by atoms with van der Waals surface area (Å²) in [7, 11) is 6.14. The maximum Gasteiger partial charge on any atom is 0.360 e. The second kappa shape index (κ2) is 16.0. The van der Waals surface area contributed by atoms with Crippen molar-refractivity contribution in [3.63, 3.8) is 0 Å². The highest BCUT2D eigenvalue weighted by molar-refractivity contribution is 8.20. The number of ether oxygens (including phenoxy) is 1. The quantitative estimate of drug-likeness (QED) is 0.274. The van der Waals surface area contributed by atoms with Crippen LogP contribution in [0.25, 0.3) is 11.3 Å². The van der Waals surface area contributed by atoms with Gasteiger partial charge in [0.05, 0.1) is 28.0 Å². The monoisotopic (exact) mass is 630 g/mol. The van der Waals surface area contributed by atoms with Crippen LogP contribution in [0, 0.1) is 12.8 Å². The smallest absolute Gasteiger partial charge is 0.360 e. The number of aromatic nitrogens is 2. The number of nitrogens with two attached hydrogens (primary N) is 1. The van der Waals surface area contributed by atoms with Gasteiger partial charge in [0.25, 0.3) is 0 Å². The van der Waals surface area contributed by atoms with Gasteiger partial charge in [-0.3, -0.25) is 0 Å². The first-order chi connectivity index (χ1) is 18.7. The molecule has 1 fully saturated rings. The first-order valence-corrected chi connectivity index (χ1v) is 16.6. The fourth-order valence-electron chi connectivity index (χ4n) is 4.70. The standard InChI is InChI=1S/C25H28Cl2N4O2S.C2H6.CH3ClS/c1-4-33-24(32)22-23(29-16(3)21(30-22)18-6-5-7-19(26)20(18)27)31-10-8-15(2)25(13-28,14-31)17-9-11-34-12-17;1-2;1-3-2/h5-7,9,11-12,15H,4,8,10,13-14,28H2,1-3H3;1-2H3;1H3. The van der Waals surface area contributed by atoms with E-state index in [0.29, 0.717) is 51.8 Å². The minimum Gasteiger partial charge on any atom is -0.461 e. The number of benzene rings is 1. The van der Waals surface area contributed by atoms with E-state index < -0.39 is 5.97 Å². The predicted molar refractivity (Wildman–Crippen MR) is 170 cm³/mol. The number of piperidine rings is 1. The second-order valence-electron chi connectivity index (χ2n) is 8.79. The van der Waals surface area contributed by atoms with Gasteiger partial charge in [-0.25, -0.2) is 14.8 Å². The summed E-state index contributed by atoms with van der Waals surface area (Å²) in [6, 6.07) is 7.47. The second-order valence-corrected chi connectivity index (χ2v) is 11.6. The number of hydrogen-bond acceptors (Lipinski definition) is 8. The lowest BCUT2D eigenvalue weighted by atomic mass is 9.68. The molecule has 1 aromatic carbocycles. The summed E-state index contributed by atoms with van der Waals surface area (Å²) in [5.74, 6) is 0.377. The van der Waals surface area contributed by atoms with Gasteiger partial charge in [0.15, 0.2) is 11.5 Å². The average molecular weight is 632 g/mol. The van der Waals surface area contributed by atoms with Crippen LogP contribution in [0.2, 0.25) is 10.0 Å². The minimum atomic E-state index is -0.517. The molecule has 0 radical (unpaired) electrons. The molecule has 3 aromatic rings. The minimum absolute atomic E-state index is 0.171. The van der Waals surface area contributed by atoms with Crippen molar-refractivity contribution >= 4 is 68.0 Å². The molecule has 2 atom stereocenters. The van der Waals surface area contributed by atoms with Crippen LogP contribution >= 0.6 is 56.2 Å². The van der Waals surface area contributed by atoms with Crippen molar-refractivity contribution in [2.75, 3.05) is 37.4 Å². The number of halogens is 3. The Balaban J connectivity index is 0.000000998. The van der Waals surface area contributed by atoms with Gasteiger partial charge in [0.1, 0.15) is 0 Å². The summed E-state index contributed by atoms with van der Waals surface area (Å²) in [6.45, 7) is 12.0. The highest BCUT2D eigenvalue weighted by Crippen LogP contribution is 2.41. The first kappa shape index (κ1) is 33.7. The summed E-state index contributed by atoms with van der Waals surface area (Å²) in [5, 5.41) is 5.03. The van der Waals surface area contributed by atoms with E-state index in [-0.39, 0.29) is 17.7 Å². The number of carbonyl (C=O) groups excluding carboxylic acids is 1. The number of thiophene rings is 1. The van der Waals surface area contributed by atoms with Crippen molar-refractivity contribution in [3.05, 3.63) is 62.0 Å². The zero-order valence-electron chi connectivity index (χ0n) is 23.3. The van der Waals surface area contributed by atoms with Gasteiger partial charge < -0.3 is 15.4 Å². The fourth-order valence-corrected chi connectivity index (χ4v) is 5.85. The van der Waals surface area contributed by atoms with Crippen LogP contribution in [0.15, 0.2) is 35.0 Å². The van der Waals surface area contributed by atoms with E-state index in [2.05, 4.69) is 28.7 Å². The van der Waals surface area contributed by atoms with Crippen LogP contribution in [-0.2, 0) is 10.2 Å². The Morgan fingerprint density at radius 3 is 2.56 bits per heavy atom. The lowest BCUT2D eigenvalue weighted by Crippen LogP contribution is -2.55. The summed E-state index contributed by atoms with van der Waals surface area (Å²) in [5.41, 5.74) is 9.33. The summed E-state index contributed by atoms with van der Waals surface area (Å²) in [4.78, 5) is 24.8. The number of rotatable bonds is 6. The Bertz CT molecular complexity index is 1210. The van der Waals surface area contributed by atoms with Crippen LogP contribution in [0.4, 0.5) is 5.82 Å². The van der Waals surface area contributed by atoms with Crippen molar-refractivity contribution < 1.29 is 9.53 Å². The molecule has 3 heterocycles.